The maximum atomic E-state index is 11.4. The molecular weight excluding hydrogens is 294 g/mol. The van der Waals surface area contributed by atoms with Crippen LogP contribution >= 0.6 is 0 Å². The molecule has 0 saturated heterocycles. The summed E-state index contributed by atoms with van der Waals surface area (Å²) in [7, 11) is -2.81. The van der Waals surface area contributed by atoms with Gasteiger partial charge >= 0.3 is 0 Å². The molecule has 0 aliphatic heterocycles. The Bertz CT molecular complexity index is 459. The Morgan fingerprint density at radius 3 is 2.18 bits per heavy atom. The Labute approximate surface area is 136 Å². The Morgan fingerprint density at radius 2 is 1.55 bits per heavy atom. The summed E-state index contributed by atoms with van der Waals surface area (Å²) in [5.74, 6) is 0.799. The molecule has 1 unspecified atom stereocenters. The van der Waals surface area contributed by atoms with Crippen LogP contribution < -0.4 is 5.32 Å². The molecule has 0 heterocycles. The highest BCUT2D eigenvalue weighted by molar-refractivity contribution is 7.90. The summed E-state index contributed by atoms with van der Waals surface area (Å²) in [6.07, 6.45) is 17.3. The Hall–Kier alpha value is -0.0900. The van der Waals surface area contributed by atoms with E-state index < -0.39 is 9.84 Å². The van der Waals surface area contributed by atoms with Crippen molar-refractivity contribution in [3.63, 3.8) is 0 Å². The first-order valence-electron chi connectivity index (χ1n) is 9.41. The lowest BCUT2D eigenvalue weighted by Gasteiger charge is -2.42. The molecule has 0 bridgehead atoms. The van der Waals surface area contributed by atoms with Gasteiger partial charge in [0.15, 0.2) is 0 Å². The van der Waals surface area contributed by atoms with Crippen LogP contribution in [-0.2, 0) is 9.84 Å². The van der Waals surface area contributed by atoms with E-state index in [-0.39, 0.29) is 0 Å². The number of sulfone groups is 1. The second kappa shape index (κ2) is 6.80. The van der Waals surface area contributed by atoms with Crippen molar-refractivity contribution in [1.82, 2.24) is 5.32 Å². The van der Waals surface area contributed by atoms with E-state index in [0.29, 0.717) is 23.1 Å². The summed E-state index contributed by atoms with van der Waals surface area (Å²) in [4.78, 5) is 0. The molecule has 3 aliphatic carbocycles. The lowest BCUT2D eigenvalue weighted by Crippen LogP contribution is -2.48. The van der Waals surface area contributed by atoms with Crippen LogP contribution in [0.1, 0.15) is 77.0 Å². The SMILES string of the molecule is CS(=O)(=O)CC1CCC(NC2CCCC23CCCCC3)CC1. The number of hydrogen-bond acceptors (Lipinski definition) is 3. The molecule has 3 aliphatic rings. The highest BCUT2D eigenvalue weighted by Gasteiger charge is 2.43. The second-order valence-electron chi connectivity index (χ2n) is 8.34. The summed E-state index contributed by atoms with van der Waals surface area (Å²) in [5.41, 5.74) is 0.613. The number of nitrogens with one attached hydrogen (secondary N) is 1. The predicted molar refractivity (Wildman–Crippen MR) is 91.7 cm³/mol. The topological polar surface area (TPSA) is 46.2 Å². The van der Waals surface area contributed by atoms with Crippen molar-refractivity contribution < 1.29 is 8.42 Å². The van der Waals surface area contributed by atoms with Crippen LogP contribution in [-0.4, -0.2) is 32.5 Å². The monoisotopic (exact) mass is 327 g/mol. The zero-order chi connectivity index (χ0) is 15.6. The predicted octanol–water partition coefficient (Wildman–Crippen LogP) is 3.68. The third-order valence-corrected chi connectivity index (χ3v) is 7.65. The van der Waals surface area contributed by atoms with Gasteiger partial charge in [0.1, 0.15) is 9.84 Å². The van der Waals surface area contributed by atoms with Crippen LogP contribution in [0.25, 0.3) is 0 Å². The lowest BCUT2D eigenvalue weighted by atomic mass is 9.70. The second-order valence-corrected chi connectivity index (χ2v) is 10.5. The zero-order valence-electron chi connectivity index (χ0n) is 14.1. The molecule has 0 radical (unpaired) electrons. The van der Waals surface area contributed by atoms with Crippen molar-refractivity contribution in [2.75, 3.05) is 12.0 Å². The quantitative estimate of drug-likeness (QED) is 0.856. The highest BCUT2D eigenvalue weighted by Crippen LogP contribution is 2.49. The third-order valence-electron chi connectivity index (χ3n) is 6.58. The van der Waals surface area contributed by atoms with Crippen molar-refractivity contribution in [3.05, 3.63) is 0 Å². The maximum absolute atomic E-state index is 11.4. The van der Waals surface area contributed by atoms with Gasteiger partial charge in [-0.2, -0.15) is 0 Å². The van der Waals surface area contributed by atoms with Gasteiger partial charge in [-0.1, -0.05) is 25.7 Å². The fourth-order valence-electron chi connectivity index (χ4n) is 5.46. The first kappa shape index (κ1) is 16.8. The molecular formula is C18H33NO2S. The van der Waals surface area contributed by atoms with Gasteiger partial charge in [-0.3, -0.25) is 0 Å². The fourth-order valence-corrected chi connectivity index (χ4v) is 6.65. The van der Waals surface area contributed by atoms with Crippen molar-refractivity contribution >= 4 is 9.84 Å². The summed E-state index contributed by atoms with van der Waals surface area (Å²) in [6.45, 7) is 0. The molecule has 22 heavy (non-hydrogen) atoms. The van der Waals surface area contributed by atoms with Crippen molar-refractivity contribution in [1.29, 1.82) is 0 Å². The van der Waals surface area contributed by atoms with E-state index in [4.69, 9.17) is 0 Å². The van der Waals surface area contributed by atoms with Gasteiger partial charge in [-0.15, -0.1) is 0 Å². The molecule has 0 aromatic rings. The maximum Gasteiger partial charge on any atom is 0.147 e. The first-order valence-corrected chi connectivity index (χ1v) is 11.5. The van der Waals surface area contributed by atoms with Gasteiger partial charge in [0.05, 0.1) is 5.75 Å². The largest absolute Gasteiger partial charge is 0.311 e. The molecule has 0 aromatic carbocycles. The number of rotatable bonds is 4. The van der Waals surface area contributed by atoms with E-state index in [0.717, 1.165) is 18.9 Å². The van der Waals surface area contributed by atoms with Crippen molar-refractivity contribution in [2.24, 2.45) is 11.3 Å². The van der Waals surface area contributed by atoms with Crippen molar-refractivity contribution in [2.45, 2.75) is 89.1 Å². The van der Waals surface area contributed by atoms with Crippen LogP contribution in [0.4, 0.5) is 0 Å². The first-order chi connectivity index (χ1) is 10.5. The van der Waals surface area contributed by atoms with Gasteiger partial charge in [-0.05, 0) is 62.7 Å². The average molecular weight is 328 g/mol. The lowest BCUT2D eigenvalue weighted by molar-refractivity contribution is 0.132. The van der Waals surface area contributed by atoms with Crippen LogP contribution in [0, 0.1) is 11.3 Å². The van der Waals surface area contributed by atoms with E-state index in [1.807, 2.05) is 0 Å². The minimum absolute atomic E-state index is 0.396. The van der Waals surface area contributed by atoms with Crippen LogP contribution in [0.15, 0.2) is 0 Å². The smallest absolute Gasteiger partial charge is 0.147 e. The van der Waals surface area contributed by atoms with Crippen LogP contribution in [0.2, 0.25) is 0 Å². The van der Waals surface area contributed by atoms with Crippen LogP contribution in [0.5, 0.6) is 0 Å². The van der Waals surface area contributed by atoms with Gasteiger partial charge in [-0.25, -0.2) is 8.42 Å². The molecule has 1 spiro atoms. The minimum atomic E-state index is -2.81. The summed E-state index contributed by atoms with van der Waals surface area (Å²) >= 11 is 0. The Morgan fingerprint density at radius 1 is 0.909 bits per heavy atom. The molecule has 0 amide bonds. The van der Waals surface area contributed by atoms with Gasteiger partial charge in [0.2, 0.25) is 0 Å². The van der Waals surface area contributed by atoms with E-state index >= 15 is 0 Å². The fraction of sp³-hybridized carbons (Fsp3) is 1.00. The van der Waals surface area contributed by atoms with E-state index in [1.54, 1.807) is 0 Å². The number of hydrogen-bond donors (Lipinski definition) is 1. The molecule has 3 saturated carbocycles. The summed E-state index contributed by atoms with van der Waals surface area (Å²) in [6, 6.07) is 1.38. The van der Waals surface area contributed by atoms with E-state index in [1.165, 1.54) is 70.5 Å². The van der Waals surface area contributed by atoms with E-state index in [2.05, 4.69) is 5.32 Å². The molecule has 1 atom stereocenters. The molecule has 1 N–H and O–H groups in total. The third kappa shape index (κ3) is 4.05. The molecule has 3 nitrogen and oxygen atoms in total. The summed E-state index contributed by atoms with van der Waals surface area (Å²) in [5, 5.41) is 4.01. The standard InChI is InChI=1S/C18H33NO2S/c1-22(20,21)14-15-7-9-16(10-8-15)19-17-6-5-13-18(17)11-3-2-4-12-18/h15-17,19H,2-14H2,1H3. The molecule has 128 valence electrons. The van der Waals surface area contributed by atoms with E-state index in [9.17, 15) is 8.42 Å². The minimum Gasteiger partial charge on any atom is -0.311 e. The Balaban J connectivity index is 1.50. The highest BCUT2D eigenvalue weighted by atomic mass is 32.2. The van der Waals surface area contributed by atoms with Crippen molar-refractivity contribution in [3.8, 4) is 0 Å². The normalized spacial score (nSPS) is 35.8. The van der Waals surface area contributed by atoms with Gasteiger partial charge in [0.25, 0.3) is 0 Å². The zero-order valence-corrected chi connectivity index (χ0v) is 15.0. The average Bonchev–Trinajstić information content (AvgIpc) is 2.83. The van der Waals surface area contributed by atoms with Gasteiger partial charge in [0, 0.05) is 18.3 Å². The Kier molecular flexibility index (Phi) is 5.18. The summed E-state index contributed by atoms with van der Waals surface area (Å²) < 4.78 is 22.9. The molecule has 3 fully saturated rings. The molecule has 0 aromatic heterocycles. The van der Waals surface area contributed by atoms with Crippen LogP contribution in [0.3, 0.4) is 0 Å². The van der Waals surface area contributed by atoms with Gasteiger partial charge < -0.3 is 5.32 Å². The molecule has 4 heteroatoms. The molecule has 3 rings (SSSR count).